The van der Waals surface area contributed by atoms with Gasteiger partial charge in [-0.15, -0.1) is 0 Å². The molecule has 17 heavy (non-hydrogen) atoms. The molecule has 1 unspecified atom stereocenters. The Morgan fingerprint density at radius 1 is 1.53 bits per heavy atom. The van der Waals surface area contributed by atoms with Crippen molar-refractivity contribution >= 4 is 44.7 Å². The Morgan fingerprint density at radius 3 is 2.65 bits per heavy atom. The van der Waals surface area contributed by atoms with Crippen LogP contribution >= 0.6 is 27.7 Å². The molecule has 1 saturated heterocycles. The largest absolute Gasteiger partial charge is 0.353 e. The third-order valence-corrected chi connectivity index (χ3v) is 4.64. The van der Waals surface area contributed by atoms with Gasteiger partial charge in [-0.3, -0.25) is 19.3 Å². The molecule has 1 fully saturated rings. The minimum atomic E-state index is -0.248. The fourth-order valence-electron chi connectivity index (χ4n) is 1.29. The Hall–Kier alpha value is -0.560. The Bertz CT molecular complexity index is 320. The van der Waals surface area contributed by atoms with Gasteiger partial charge in [-0.05, 0) is 5.92 Å². The zero-order chi connectivity index (χ0) is 13.0. The summed E-state index contributed by atoms with van der Waals surface area (Å²) in [5.41, 5.74) is 0. The van der Waals surface area contributed by atoms with Gasteiger partial charge in [-0.2, -0.15) is 0 Å². The molecular weight excluding hydrogens is 308 g/mol. The van der Waals surface area contributed by atoms with Gasteiger partial charge in [-0.1, -0.05) is 41.5 Å². The van der Waals surface area contributed by atoms with E-state index in [1.54, 1.807) is 0 Å². The summed E-state index contributed by atoms with van der Waals surface area (Å²) in [5.74, 6) is 0.0979. The maximum atomic E-state index is 11.6. The maximum absolute atomic E-state index is 11.6. The summed E-state index contributed by atoms with van der Waals surface area (Å²) in [7, 11) is 0. The number of hydrogen-bond acceptors (Lipinski definition) is 4. The van der Waals surface area contributed by atoms with Crippen molar-refractivity contribution in [3.05, 3.63) is 0 Å². The number of nitrogens with one attached hydrogen (secondary N) is 1. The lowest BCUT2D eigenvalue weighted by molar-refractivity contribution is -0.125. The number of imide groups is 1. The highest BCUT2D eigenvalue weighted by molar-refractivity contribution is 9.10. The van der Waals surface area contributed by atoms with Crippen LogP contribution in [0.5, 0.6) is 0 Å². The van der Waals surface area contributed by atoms with E-state index in [0.29, 0.717) is 6.54 Å². The topological polar surface area (TPSA) is 66.5 Å². The quantitative estimate of drug-likeness (QED) is 0.773. The third-order valence-electron chi connectivity index (χ3n) is 2.31. The molecule has 3 amide bonds. The van der Waals surface area contributed by atoms with Crippen LogP contribution in [0.4, 0.5) is 4.79 Å². The number of alkyl halides is 1. The zero-order valence-corrected chi connectivity index (χ0v) is 12.1. The first-order valence-corrected chi connectivity index (χ1v) is 7.22. The first kappa shape index (κ1) is 14.5. The van der Waals surface area contributed by atoms with Crippen LogP contribution in [0, 0.1) is 5.92 Å². The minimum absolute atomic E-state index is 0.119. The SMILES string of the molecule is CC(C)C(Br)C(=O)NCCN1C(=O)CSC1=O. The van der Waals surface area contributed by atoms with E-state index in [1.807, 2.05) is 13.8 Å². The van der Waals surface area contributed by atoms with E-state index < -0.39 is 0 Å². The number of carbonyl (C=O) groups excluding carboxylic acids is 3. The van der Waals surface area contributed by atoms with Gasteiger partial charge in [0.15, 0.2) is 0 Å². The van der Waals surface area contributed by atoms with Gasteiger partial charge in [0.2, 0.25) is 11.8 Å². The van der Waals surface area contributed by atoms with Crippen molar-refractivity contribution in [2.45, 2.75) is 18.7 Å². The minimum Gasteiger partial charge on any atom is -0.353 e. The Labute approximate surface area is 113 Å². The van der Waals surface area contributed by atoms with Crippen LogP contribution in [0.1, 0.15) is 13.8 Å². The summed E-state index contributed by atoms with van der Waals surface area (Å²) in [5, 5.41) is 2.46. The highest BCUT2D eigenvalue weighted by atomic mass is 79.9. The van der Waals surface area contributed by atoms with E-state index in [0.717, 1.165) is 11.8 Å². The van der Waals surface area contributed by atoms with E-state index in [-0.39, 0.29) is 40.1 Å². The van der Waals surface area contributed by atoms with Crippen LogP contribution in [0.25, 0.3) is 0 Å². The zero-order valence-electron chi connectivity index (χ0n) is 9.73. The number of thioether (sulfide) groups is 1. The van der Waals surface area contributed by atoms with Crippen LogP contribution in [0.3, 0.4) is 0 Å². The Balaban J connectivity index is 2.30. The van der Waals surface area contributed by atoms with Crippen molar-refractivity contribution in [3.8, 4) is 0 Å². The molecule has 0 aliphatic carbocycles. The number of nitrogens with zero attached hydrogens (tertiary/aromatic N) is 1. The highest BCUT2D eigenvalue weighted by Crippen LogP contribution is 2.17. The van der Waals surface area contributed by atoms with Gasteiger partial charge in [0, 0.05) is 13.1 Å². The molecule has 0 bridgehead atoms. The van der Waals surface area contributed by atoms with Crippen LogP contribution in [0.2, 0.25) is 0 Å². The first-order chi connectivity index (χ1) is 7.93. The molecule has 0 saturated carbocycles. The molecule has 1 aliphatic heterocycles. The second kappa shape index (κ2) is 6.39. The average molecular weight is 323 g/mol. The lowest BCUT2D eigenvalue weighted by Crippen LogP contribution is -2.40. The second-order valence-corrected chi connectivity index (χ2v) is 5.95. The summed E-state index contributed by atoms with van der Waals surface area (Å²) in [4.78, 5) is 35.0. The first-order valence-electron chi connectivity index (χ1n) is 5.32. The standard InChI is InChI=1S/C10H15BrN2O3S/c1-6(2)8(11)9(15)12-3-4-13-7(14)5-17-10(13)16/h6,8H,3-5H2,1-2H3,(H,12,15). The van der Waals surface area contributed by atoms with Crippen LogP contribution in [-0.4, -0.2) is 45.6 Å². The summed E-state index contributed by atoms with van der Waals surface area (Å²) in [6.07, 6.45) is 0. The monoisotopic (exact) mass is 322 g/mol. The number of carbonyl (C=O) groups is 3. The summed E-state index contributed by atoms with van der Waals surface area (Å²) in [6, 6.07) is 0. The molecule has 0 spiro atoms. The van der Waals surface area contributed by atoms with E-state index in [9.17, 15) is 14.4 Å². The number of amides is 3. The van der Waals surface area contributed by atoms with Gasteiger partial charge < -0.3 is 5.32 Å². The summed E-state index contributed by atoms with van der Waals surface area (Å²) < 4.78 is 0. The van der Waals surface area contributed by atoms with Crippen molar-refractivity contribution in [2.24, 2.45) is 5.92 Å². The molecule has 0 aromatic carbocycles. The third kappa shape index (κ3) is 3.99. The van der Waals surface area contributed by atoms with Crippen molar-refractivity contribution in [1.82, 2.24) is 10.2 Å². The van der Waals surface area contributed by atoms with Crippen molar-refractivity contribution in [2.75, 3.05) is 18.8 Å². The maximum Gasteiger partial charge on any atom is 0.288 e. The van der Waals surface area contributed by atoms with E-state index in [2.05, 4.69) is 21.2 Å². The van der Waals surface area contributed by atoms with Crippen molar-refractivity contribution in [1.29, 1.82) is 0 Å². The number of halogens is 1. The molecule has 0 radical (unpaired) electrons. The predicted octanol–water partition coefficient (Wildman–Crippen LogP) is 1.22. The smallest absolute Gasteiger partial charge is 0.288 e. The lowest BCUT2D eigenvalue weighted by atomic mass is 10.1. The van der Waals surface area contributed by atoms with E-state index in [1.165, 1.54) is 4.90 Å². The molecule has 1 aliphatic rings. The molecule has 0 aromatic rings. The van der Waals surface area contributed by atoms with E-state index >= 15 is 0 Å². The number of hydrogen-bond donors (Lipinski definition) is 1. The van der Waals surface area contributed by atoms with E-state index in [4.69, 9.17) is 0 Å². The van der Waals surface area contributed by atoms with Gasteiger partial charge in [0.1, 0.15) is 0 Å². The fraction of sp³-hybridized carbons (Fsp3) is 0.700. The predicted molar refractivity (Wildman–Crippen MR) is 70.1 cm³/mol. The molecule has 5 nitrogen and oxygen atoms in total. The van der Waals surface area contributed by atoms with Crippen LogP contribution in [0.15, 0.2) is 0 Å². The van der Waals surface area contributed by atoms with Crippen LogP contribution < -0.4 is 5.32 Å². The molecule has 1 N–H and O–H groups in total. The van der Waals surface area contributed by atoms with Gasteiger partial charge >= 0.3 is 0 Å². The Morgan fingerprint density at radius 2 is 2.18 bits per heavy atom. The summed E-state index contributed by atoms with van der Waals surface area (Å²) >= 11 is 4.28. The second-order valence-electron chi connectivity index (χ2n) is 4.04. The molecule has 1 atom stereocenters. The normalized spacial score (nSPS) is 17.8. The fourth-order valence-corrected chi connectivity index (χ4v) is 2.20. The molecule has 96 valence electrons. The molecule has 1 rings (SSSR count). The van der Waals surface area contributed by atoms with Gasteiger partial charge in [-0.25, -0.2) is 0 Å². The Kier molecular flexibility index (Phi) is 5.45. The van der Waals surface area contributed by atoms with Crippen LogP contribution in [-0.2, 0) is 9.59 Å². The highest BCUT2D eigenvalue weighted by Gasteiger charge is 2.29. The molecule has 7 heteroatoms. The molecule has 1 heterocycles. The van der Waals surface area contributed by atoms with Crippen molar-refractivity contribution in [3.63, 3.8) is 0 Å². The molecule has 0 aromatic heterocycles. The average Bonchev–Trinajstić information content (AvgIpc) is 2.59. The van der Waals surface area contributed by atoms with Gasteiger partial charge in [0.05, 0.1) is 10.6 Å². The number of rotatable bonds is 5. The van der Waals surface area contributed by atoms with Gasteiger partial charge in [0.25, 0.3) is 5.24 Å². The summed E-state index contributed by atoms with van der Waals surface area (Å²) in [6.45, 7) is 4.41. The molecular formula is C10H15BrN2O3S. The van der Waals surface area contributed by atoms with Crippen molar-refractivity contribution < 1.29 is 14.4 Å². The lowest BCUT2D eigenvalue weighted by Gasteiger charge is -2.16.